The van der Waals surface area contributed by atoms with Crippen molar-refractivity contribution in [3.63, 3.8) is 0 Å². The zero-order valence-electron chi connectivity index (χ0n) is 17.1. The summed E-state index contributed by atoms with van der Waals surface area (Å²) >= 11 is 5.35. The number of oxime groups is 1. The van der Waals surface area contributed by atoms with Gasteiger partial charge < -0.3 is 24.5 Å². The molecule has 0 bridgehead atoms. The number of methoxy groups -OCH3 is 2. The molecule has 0 radical (unpaired) electrons. The number of hydrogen-bond donors (Lipinski definition) is 1. The molecule has 1 spiro atoms. The van der Waals surface area contributed by atoms with Gasteiger partial charge in [0.15, 0.2) is 0 Å². The summed E-state index contributed by atoms with van der Waals surface area (Å²) in [4.78, 5) is 11.7. The van der Waals surface area contributed by atoms with Gasteiger partial charge in [-0.1, -0.05) is 23.4 Å². The number of thiocarbonyl (C=S) groups is 1. The molecule has 0 aromatic heterocycles. The molecule has 0 amide bonds. The van der Waals surface area contributed by atoms with Crippen LogP contribution < -0.4 is 14.8 Å². The van der Waals surface area contributed by atoms with E-state index in [1.54, 1.807) is 14.2 Å². The normalized spacial score (nSPS) is 17.7. The van der Waals surface area contributed by atoms with Crippen LogP contribution in [-0.4, -0.2) is 48.9 Å². The summed E-state index contributed by atoms with van der Waals surface area (Å²) < 4.78 is 10.5. The Hall–Kier alpha value is -2.84. The molecule has 2 aliphatic rings. The first kappa shape index (κ1) is 20.4. The topological polar surface area (TPSA) is 64.5 Å². The maximum atomic E-state index is 5.90. The summed E-state index contributed by atoms with van der Waals surface area (Å²) in [6.07, 6.45) is 2.40. The third kappa shape index (κ3) is 4.66. The Morgan fingerprint density at radius 3 is 2.50 bits per heavy atom. The molecule has 7 nitrogen and oxygen atoms in total. The minimum Gasteiger partial charge on any atom is -0.497 e. The average molecular weight is 428 g/mol. The van der Waals surface area contributed by atoms with Crippen LogP contribution in [0.3, 0.4) is 0 Å². The lowest BCUT2D eigenvalue weighted by Crippen LogP contribution is -2.45. The van der Waals surface area contributed by atoms with Crippen LogP contribution in [0, 0.1) is 0 Å². The lowest BCUT2D eigenvalue weighted by atomic mass is 9.86. The Morgan fingerprint density at radius 2 is 1.77 bits per heavy atom. The lowest BCUT2D eigenvalue weighted by Gasteiger charge is -2.36. The van der Waals surface area contributed by atoms with Gasteiger partial charge in [0.05, 0.1) is 19.9 Å². The molecule has 2 heterocycles. The highest BCUT2D eigenvalue weighted by Gasteiger charge is 2.43. The SMILES string of the molecule is COc1cccc(NC(=S)ON2CCC3(CC2)CC(c2cccc(OC)c2)=NO3)c1. The summed E-state index contributed by atoms with van der Waals surface area (Å²) in [5, 5.41) is 9.63. The summed E-state index contributed by atoms with van der Waals surface area (Å²) in [7, 11) is 3.29. The molecule has 0 aliphatic carbocycles. The van der Waals surface area contributed by atoms with E-state index in [9.17, 15) is 0 Å². The summed E-state index contributed by atoms with van der Waals surface area (Å²) in [5.41, 5.74) is 2.54. The van der Waals surface area contributed by atoms with Crippen molar-refractivity contribution in [2.24, 2.45) is 5.16 Å². The zero-order valence-corrected chi connectivity index (χ0v) is 17.9. The number of benzene rings is 2. The Kier molecular flexibility index (Phi) is 6.06. The molecular formula is C22H25N3O4S. The minimum atomic E-state index is -0.278. The standard InChI is InChI=1S/C22H25N3O4S/c1-26-18-7-3-5-16(13-18)20-15-22(29-24-20)9-11-25(12-10-22)28-21(30)23-17-6-4-8-19(14-17)27-2/h3-8,13-14H,9-12,15H2,1-2H3,(H,23,30). The fourth-order valence-electron chi connectivity index (χ4n) is 3.69. The van der Waals surface area contributed by atoms with Crippen molar-refractivity contribution in [3.05, 3.63) is 54.1 Å². The lowest BCUT2D eigenvalue weighted by molar-refractivity contribution is -0.143. The number of anilines is 1. The minimum absolute atomic E-state index is 0.278. The molecule has 1 fully saturated rings. The van der Waals surface area contributed by atoms with E-state index in [-0.39, 0.29) is 5.60 Å². The second kappa shape index (κ2) is 8.89. The van der Waals surface area contributed by atoms with Crippen LogP contribution in [0.1, 0.15) is 24.8 Å². The van der Waals surface area contributed by atoms with E-state index in [2.05, 4.69) is 10.5 Å². The highest BCUT2D eigenvalue weighted by molar-refractivity contribution is 7.80. The quantitative estimate of drug-likeness (QED) is 0.724. The van der Waals surface area contributed by atoms with E-state index in [4.69, 9.17) is 31.4 Å². The summed E-state index contributed by atoms with van der Waals surface area (Å²) in [6.45, 7) is 1.42. The highest BCUT2D eigenvalue weighted by atomic mass is 32.1. The number of piperidine rings is 1. The Labute approximate surface area is 181 Å². The molecule has 158 valence electrons. The monoisotopic (exact) mass is 427 g/mol. The number of hydroxylamine groups is 2. The van der Waals surface area contributed by atoms with Crippen molar-refractivity contribution in [2.45, 2.75) is 24.9 Å². The van der Waals surface area contributed by atoms with Crippen LogP contribution in [-0.2, 0) is 9.68 Å². The first-order valence-corrected chi connectivity index (χ1v) is 10.3. The van der Waals surface area contributed by atoms with Gasteiger partial charge in [-0.05, 0) is 36.5 Å². The molecule has 0 atom stereocenters. The van der Waals surface area contributed by atoms with Crippen LogP contribution in [0.5, 0.6) is 11.5 Å². The number of nitrogens with one attached hydrogen (secondary N) is 1. The summed E-state index contributed by atoms with van der Waals surface area (Å²) in [6, 6.07) is 15.5. The third-order valence-electron chi connectivity index (χ3n) is 5.40. The van der Waals surface area contributed by atoms with Crippen molar-refractivity contribution in [3.8, 4) is 11.5 Å². The molecule has 0 saturated carbocycles. The number of hydrogen-bond acceptors (Lipinski definition) is 7. The van der Waals surface area contributed by atoms with Gasteiger partial charge in [-0.3, -0.25) is 0 Å². The largest absolute Gasteiger partial charge is 0.497 e. The molecule has 1 saturated heterocycles. The van der Waals surface area contributed by atoms with E-state index in [1.807, 2.05) is 53.6 Å². The van der Waals surface area contributed by atoms with Gasteiger partial charge in [0.25, 0.3) is 5.17 Å². The van der Waals surface area contributed by atoms with Crippen molar-refractivity contribution in [1.29, 1.82) is 0 Å². The van der Waals surface area contributed by atoms with Gasteiger partial charge in [-0.15, -0.1) is 5.06 Å². The molecule has 0 unspecified atom stereocenters. The first-order valence-electron chi connectivity index (χ1n) is 9.87. The molecule has 2 aromatic carbocycles. The second-order valence-electron chi connectivity index (χ2n) is 7.39. The van der Waals surface area contributed by atoms with Gasteiger partial charge in [-0.25, -0.2) is 0 Å². The number of nitrogens with zero attached hydrogens (tertiary/aromatic N) is 2. The molecule has 4 rings (SSSR count). The van der Waals surface area contributed by atoms with E-state index in [0.717, 1.165) is 47.7 Å². The molecule has 30 heavy (non-hydrogen) atoms. The summed E-state index contributed by atoms with van der Waals surface area (Å²) in [5.74, 6) is 1.57. The molecule has 1 N–H and O–H groups in total. The zero-order chi connectivity index (χ0) is 21.0. The third-order valence-corrected chi connectivity index (χ3v) is 5.58. The van der Waals surface area contributed by atoms with Crippen molar-refractivity contribution >= 4 is 28.8 Å². The predicted octanol–water partition coefficient (Wildman–Crippen LogP) is 3.99. The first-order chi connectivity index (χ1) is 14.6. The van der Waals surface area contributed by atoms with Crippen LogP contribution >= 0.6 is 12.2 Å². The molecular weight excluding hydrogens is 402 g/mol. The average Bonchev–Trinajstić information content (AvgIpc) is 3.19. The number of rotatable bonds is 5. The van der Waals surface area contributed by atoms with E-state index in [0.29, 0.717) is 18.3 Å². The van der Waals surface area contributed by atoms with Gasteiger partial charge in [0, 0.05) is 49.7 Å². The van der Waals surface area contributed by atoms with E-state index in [1.165, 1.54) is 0 Å². The van der Waals surface area contributed by atoms with Crippen molar-refractivity contribution in [2.75, 3.05) is 32.6 Å². The Bertz CT molecular complexity index is 941. The number of ether oxygens (including phenoxy) is 2. The fourth-order valence-corrected chi connectivity index (χ4v) is 3.91. The fraction of sp³-hybridized carbons (Fsp3) is 0.364. The maximum Gasteiger partial charge on any atom is 0.283 e. The van der Waals surface area contributed by atoms with Crippen LogP contribution in [0.2, 0.25) is 0 Å². The van der Waals surface area contributed by atoms with Crippen molar-refractivity contribution < 1.29 is 19.1 Å². The second-order valence-corrected chi connectivity index (χ2v) is 7.76. The van der Waals surface area contributed by atoms with Crippen LogP contribution in [0.15, 0.2) is 53.7 Å². The van der Waals surface area contributed by atoms with Gasteiger partial charge in [-0.2, -0.15) is 0 Å². The molecule has 2 aromatic rings. The van der Waals surface area contributed by atoms with Crippen LogP contribution in [0.25, 0.3) is 0 Å². The van der Waals surface area contributed by atoms with Gasteiger partial charge >= 0.3 is 0 Å². The van der Waals surface area contributed by atoms with Gasteiger partial charge in [0.2, 0.25) is 0 Å². The van der Waals surface area contributed by atoms with E-state index < -0.39 is 0 Å². The van der Waals surface area contributed by atoms with Gasteiger partial charge in [0.1, 0.15) is 17.1 Å². The van der Waals surface area contributed by atoms with Crippen LogP contribution in [0.4, 0.5) is 5.69 Å². The Morgan fingerprint density at radius 1 is 1.07 bits per heavy atom. The predicted molar refractivity (Wildman–Crippen MR) is 119 cm³/mol. The van der Waals surface area contributed by atoms with E-state index >= 15 is 0 Å². The maximum absolute atomic E-state index is 5.90. The Balaban J connectivity index is 1.28. The molecule has 2 aliphatic heterocycles. The molecule has 8 heteroatoms. The highest BCUT2D eigenvalue weighted by Crippen LogP contribution is 2.36. The smallest absolute Gasteiger partial charge is 0.283 e. The van der Waals surface area contributed by atoms with Crippen molar-refractivity contribution in [1.82, 2.24) is 5.06 Å².